The first kappa shape index (κ1) is 25.4. The lowest BCUT2D eigenvalue weighted by Crippen LogP contribution is -2.54. The zero-order valence-corrected chi connectivity index (χ0v) is 20.9. The molecule has 1 N–H and O–H groups in total. The van der Waals surface area contributed by atoms with Gasteiger partial charge < -0.3 is 19.2 Å². The zero-order valence-electron chi connectivity index (χ0n) is 20.9. The minimum Gasteiger partial charge on any atom is -0.489 e. The number of hydrogen-bond acceptors (Lipinski definition) is 5. The third-order valence-electron chi connectivity index (χ3n) is 8.04. The van der Waals surface area contributed by atoms with E-state index >= 15 is 0 Å². The van der Waals surface area contributed by atoms with Gasteiger partial charge >= 0.3 is 5.63 Å². The van der Waals surface area contributed by atoms with E-state index in [4.69, 9.17) is 9.15 Å². The van der Waals surface area contributed by atoms with Crippen molar-refractivity contribution in [3.8, 4) is 5.75 Å². The molecule has 196 valence electrons. The number of aryl methyl sites for hydroxylation is 1. The van der Waals surface area contributed by atoms with Gasteiger partial charge in [-0.3, -0.25) is 4.79 Å². The highest BCUT2D eigenvalue weighted by atomic mass is 19.1. The van der Waals surface area contributed by atoms with Crippen LogP contribution in [0, 0.1) is 24.5 Å². The number of fused-ring (bicyclic) bond motifs is 2. The SMILES string of the molecule is Cc1c(CCC(=O)N2CC[C@]3(O)CCCC[C@H]3C2)c(=O)oc2cc(OCc3ccc(F)cc3F)ccc12. The summed E-state index contributed by atoms with van der Waals surface area (Å²) < 4.78 is 38.2. The van der Waals surface area contributed by atoms with Gasteiger partial charge in [-0.25, -0.2) is 13.6 Å². The van der Waals surface area contributed by atoms with Crippen LogP contribution in [-0.4, -0.2) is 34.6 Å². The maximum Gasteiger partial charge on any atom is 0.339 e. The normalized spacial score (nSPS) is 21.6. The quantitative estimate of drug-likeness (QED) is 0.469. The lowest BCUT2D eigenvalue weighted by atomic mass is 9.71. The van der Waals surface area contributed by atoms with Crippen molar-refractivity contribution in [2.45, 2.75) is 64.1 Å². The molecular formula is C29H31F2NO5. The second-order valence-electron chi connectivity index (χ2n) is 10.3. The first-order valence-electron chi connectivity index (χ1n) is 12.9. The van der Waals surface area contributed by atoms with Crippen LogP contribution in [0.2, 0.25) is 0 Å². The molecule has 8 heteroatoms. The highest BCUT2D eigenvalue weighted by Gasteiger charge is 2.43. The third kappa shape index (κ3) is 5.25. The van der Waals surface area contributed by atoms with Gasteiger partial charge in [0, 0.05) is 54.1 Å². The molecule has 0 spiro atoms. The maximum absolute atomic E-state index is 13.9. The highest BCUT2D eigenvalue weighted by Crippen LogP contribution is 2.40. The van der Waals surface area contributed by atoms with E-state index in [1.54, 1.807) is 18.2 Å². The summed E-state index contributed by atoms with van der Waals surface area (Å²) in [5.74, 6) is -0.851. The zero-order chi connectivity index (χ0) is 26.2. The molecule has 2 atom stereocenters. The second-order valence-corrected chi connectivity index (χ2v) is 10.3. The van der Waals surface area contributed by atoms with Gasteiger partial charge in [0.2, 0.25) is 5.91 Å². The predicted molar refractivity (Wildman–Crippen MR) is 134 cm³/mol. The molecule has 1 saturated heterocycles. The van der Waals surface area contributed by atoms with Gasteiger partial charge in [0.25, 0.3) is 0 Å². The minimum atomic E-state index is -0.693. The van der Waals surface area contributed by atoms with Crippen LogP contribution in [0.1, 0.15) is 55.2 Å². The summed E-state index contributed by atoms with van der Waals surface area (Å²) in [6, 6.07) is 8.32. The summed E-state index contributed by atoms with van der Waals surface area (Å²) in [4.78, 5) is 27.6. The number of carbonyl (C=O) groups excluding carboxylic acids is 1. The largest absolute Gasteiger partial charge is 0.489 e. The molecule has 1 saturated carbocycles. The Bertz CT molecular complexity index is 1390. The van der Waals surface area contributed by atoms with Crippen LogP contribution in [0.15, 0.2) is 45.6 Å². The molecule has 6 nitrogen and oxygen atoms in total. The van der Waals surface area contributed by atoms with Gasteiger partial charge in [-0.05, 0) is 62.4 Å². The molecule has 0 radical (unpaired) electrons. The molecule has 3 aromatic rings. The summed E-state index contributed by atoms with van der Waals surface area (Å²) in [6.07, 6.45) is 4.97. The number of piperidine rings is 1. The second kappa shape index (κ2) is 10.2. The molecule has 5 rings (SSSR count). The fourth-order valence-electron chi connectivity index (χ4n) is 5.74. The molecule has 1 aromatic heterocycles. The first-order valence-corrected chi connectivity index (χ1v) is 12.9. The van der Waals surface area contributed by atoms with Crippen LogP contribution >= 0.6 is 0 Å². The van der Waals surface area contributed by atoms with Crippen LogP contribution in [0.3, 0.4) is 0 Å². The summed E-state index contributed by atoms with van der Waals surface area (Å²) >= 11 is 0. The Kier molecular flexibility index (Phi) is 7.03. The Balaban J connectivity index is 1.25. The molecule has 37 heavy (non-hydrogen) atoms. The van der Waals surface area contributed by atoms with E-state index < -0.39 is 22.9 Å². The Hall–Kier alpha value is -3.26. The smallest absolute Gasteiger partial charge is 0.339 e. The highest BCUT2D eigenvalue weighted by molar-refractivity contribution is 5.83. The van der Waals surface area contributed by atoms with Gasteiger partial charge in [0.15, 0.2) is 0 Å². The maximum atomic E-state index is 13.9. The standard InChI is InChI=1S/C29H31F2NO5/c1-18-23-8-7-22(36-17-19-5-6-21(30)14-25(19)31)15-26(23)37-28(34)24(18)9-10-27(33)32-13-12-29(35)11-3-2-4-20(29)16-32/h5-8,14-15,20,35H,2-4,9-13,16-17H2,1H3/t20-,29+/m0/s1. The molecule has 1 aliphatic carbocycles. The number of benzene rings is 2. The van der Waals surface area contributed by atoms with Crippen LogP contribution < -0.4 is 10.4 Å². The number of halogens is 2. The number of ether oxygens (including phenoxy) is 1. The van der Waals surface area contributed by atoms with E-state index in [0.29, 0.717) is 36.4 Å². The molecule has 2 aliphatic rings. The molecular weight excluding hydrogens is 480 g/mol. The van der Waals surface area contributed by atoms with Gasteiger partial charge in [-0.2, -0.15) is 0 Å². The van der Waals surface area contributed by atoms with E-state index in [-0.39, 0.29) is 36.8 Å². The Labute approximate surface area is 213 Å². The van der Waals surface area contributed by atoms with Gasteiger partial charge in [-0.15, -0.1) is 0 Å². The van der Waals surface area contributed by atoms with E-state index in [1.165, 1.54) is 6.07 Å². The van der Waals surface area contributed by atoms with Gasteiger partial charge in [0.1, 0.15) is 29.6 Å². The van der Waals surface area contributed by atoms with Crippen molar-refractivity contribution in [2.24, 2.45) is 5.92 Å². The van der Waals surface area contributed by atoms with Gasteiger partial charge in [0.05, 0.1) is 5.60 Å². The fraction of sp³-hybridized carbons (Fsp3) is 0.448. The van der Waals surface area contributed by atoms with Crippen molar-refractivity contribution in [3.05, 3.63) is 75.1 Å². The molecule has 2 aromatic carbocycles. The van der Waals surface area contributed by atoms with E-state index in [1.807, 2.05) is 11.8 Å². The van der Waals surface area contributed by atoms with Crippen LogP contribution in [0.4, 0.5) is 8.78 Å². The number of amides is 1. The number of carbonyl (C=O) groups is 1. The Morgan fingerprint density at radius 2 is 2.03 bits per heavy atom. The summed E-state index contributed by atoms with van der Waals surface area (Å²) in [5.41, 5.74) is 0.619. The number of aliphatic hydroxyl groups is 1. The first-order chi connectivity index (χ1) is 17.7. The molecule has 1 amide bonds. The number of hydrogen-bond donors (Lipinski definition) is 1. The monoisotopic (exact) mass is 511 g/mol. The van der Waals surface area contributed by atoms with Crippen molar-refractivity contribution in [1.82, 2.24) is 4.90 Å². The molecule has 0 bridgehead atoms. The average molecular weight is 512 g/mol. The van der Waals surface area contributed by atoms with Crippen molar-refractivity contribution in [1.29, 1.82) is 0 Å². The molecule has 2 fully saturated rings. The molecule has 1 aliphatic heterocycles. The summed E-state index contributed by atoms with van der Waals surface area (Å²) in [6.45, 7) is 2.85. The number of nitrogens with zero attached hydrogens (tertiary/aromatic N) is 1. The van der Waals surface area contributed by atoms with Crippen LogP contribution in [-0.2, 0) is 17.8 Å². The number of likely N-dealkylation sites (tertiary alicyclic amines) is 1. The topological polar surface area (TPSA) is 80.0 Å². The fourth-order valence-corrected chi connectivity index (χ4v) is 5.74. The van der Waals surface area contributed by atoms with Crippen molar-refractivity contribution < 1.29 is 27.8 Å². The third-order valence-corrected chi connectivity index (χ3v) is 8.04. The predicted octanol–water partition coefficient (Wildman–Crippen LogP) is 5.04. The summed E-state index contributed by atoms with van der Waals surface area (Å²) in [5, 5.41) is 11.6. The van der Waals surface area contributed by atoms with E-state index in [9.17, 15) is 23.5 Å². The summed E-state index contributed by atoms with van der Waals surface area (Å²) in [7, 11) is 0. The minimum absolute atomic E-state index is 0.0108. The Morgan fingerprint density at radius 3 is 2.84 bits per heavy atom. The lowest BCUT2D eigenvalue weighted by molar-refractivity contribution is -0.143. The van der Waals surface area contributed by atoms with E-state index in [0.717, 1.165) is 48.8 Å². The Morgan fingerprint density at radius 1 is 1.19 bits per heavy atom. The number of rotatable bonds is 6. The van der Waals surface area contributed by atoms with E-state index in [2.05, 4.69) is 0 Å². The molecule has 0 unspecified atom stereocenters. The average Bonchev–Trinajstić information content (AvgIpc) is 2.87. The van der Waals surface area contributed by atoms with Crippen molar-refractivity contribution >= 4 is 16.9 Å². The van der Waals surface area contributed by atoms with Gasteiger partial charge in [-0.1, -0.05) is 12.8 Å². The van der Waals surface area contributed by atoms with Crippen LogP contribution in [0.5, 0.6) is 5.75 Å². The van der Waals surface area contributed by atoms with Crippen molar-refractivity contribution in [3.63, 3.8) is 0 Å². The van der Waals surface area contributed by atoms with Crippen molar-refractivity contribution in [2.75, 3.05) is 13.1 Å². The molecule has 2 heterocycles. The van der Waals surface area contributed by atoms with Crippen LogP contribution in [0.25, 0.3) is 11.0 Å². The lowest BCUT2D eigenvalue weighted by Gasteiger charge is -2.47.